The molecule has 2 aromatic rings. The van der Waals surface area contributed by atoms with E-state index in [1.807, 2.05) is 24.0 Å². The van der Waals surface area contributed by atoms with Gasteiger partial charge in [0.05, 0.1) is 6.20 Å². The summed E-state index contributed by atoms with van der Waals surface area (Å²) in [6, 6.07) is 12.4. The van der Waals surface area contributed by atoms with Gasteiger partial charge >= 0.3 is 0 Å². The molecular formula is C22H28N2O3. The topological polar surface area (TPSA) is 51.7 Å². The predicted octanol–water partition coefficient (Wildman–Crippen LogP) is 3.48. The van der Waals surface area contributed by atoms with Gasteiger partial charge in [-0.3, -0.25) is 9.78 Å². The molecule has 3 rings (SSSR count). The molecule has 144 valence electrons. The third-order valence-corrected chi connectivity index (χ3v) is 4.98. The van der Waals surface area contributed by atoms with E-state index < -0.39 is 0 Å². The molecule has 0 radical (unpaired) electrons. The van der Waals surface area contributed by atoms with Crippen LogP contribution in [0.4, 0.5) is 0 Å². The zero-order valence-corrected chi connectivity index (χ0v) is 16.0. The highest BCUT2D eigenvalue weighted by Gasteiger charge is 2.22. The average Bonchev–Trinajstić information content (AvgIpc) is 2.73. The van der Waals surface area contributed by atoms with Crippen LogP contribution >= 0.6 is 0 Å². The molecule has 0 saturated carbocycles. The second kappa shape index (κ2) is 10.1. The minimum Gasteiger partial charge on any atom is -0.487 e. The van der Waals surface area contributed by atoms with Crippen LogP contribution < -0.4 is 4.74 Å². The summed E-state index contributed by atoms with van der Waals surface area (Å²) in [4.78, 5) is 18.0. The van der Waals surface area contributed by atoms with E-state index in [1.165, 1.54) is 5.56 Å². The van der Waals surface area contributed by atoms with E-state index in [1.54, 1.807) is 12.4 Å². The van der Waals surface area contributed by atoms with Crippen LogP contribution in [0.3, 0.4) is 0 Å². The van der Waals surface area contributed by atoms with Gasteiger partial charge < -0.3 is 14.4 Å². The Kier molecular flexibility index (Phi) is 7.22. The number of rotatable bonds is 8. The normalized spacial score (nSPS) is 14.9. The molecule has 1 saturated heterocycles. The smallest absolute Gasteiger partial charge is 0.248 e. The Morgan fingerprint density at radius 1 is 1.15 bits per heavy atom. The van der Waals surface area contributed by atoms with E-state index in [-0.39, 0.29) is 12.5 Å². The van der Waals surface area contributed by atoms with Gasteiger partial charge in [0.15, 0.2) is 0 Å². The lowest BCUT2D eigenvalue weighted by atomic mass is 9.90. The van der Waals surface area contributed by atoms with Gasteiger partial charge in [-0.2, -0.15) is 0 Å². The molecule has 1 fully saturated rings. The third kappa shape index (κ3) is 6.07. The molecule has 1 amide bonds. The van der Waals surface area contributed by atoms with E-state index in [9.17, 15) is 4.79 Å². The number of amides is 1. The second-order valence-electron chi connectivity index (χ2n) is 6.96. The Morgan fingerprint density at radius 2 is 1.89 bits per heavy atom. The van der Waals surface area contributed by atoms with Crippen molar-refractivity contribution in [1.29, 1.82) is 0 Å². The quantitative estimate of drug-likeness (QED) is 0.716. The summed E-state index contributed by atoms with van der Waals surface area (Å²) in [5.41, 5.74) is 2.50. The molecule has 1 aliphatic rings. The summed E-state index contributed by atoms with van der Waals surface area (Å²) in [5.74, 6) is 1.54. The molecular weight excluding hydrogens is 340 g/mol. The number of nitrogens with zero attached hydrogens (tertiary/aromatic N) is 2. The van der Waals surface area contributed by atoms with Gasteiger partial charge in [-0.1, -0.05) is 24.3 Å². The first-order valence-electron chi connectivity index (χ1n) is 9.70. The Bertz CT molecular complexity index is 695. The van der Waals surface area contributed by atoms with Crippen molar-refractivity contribution in [2.45, 2.75) is 32.8 Å². The minimum atomic E-state index is 0.119. The molecule has 0 spiro atoms. The summed E-state index contributed by atoms with van der Waals surface area (Å²) in [5, 5.41) is 0. The fourth-order valence-corrected chi connectivity index (χ4v) is 3.37. The van der Waals surface area contributed by atoms with E-state index in [2.05, 4.69) is 29.2 Å². The van der Waals surface area contributed by atoms with Gasteiger partial charge in [0.1, 0.15) is 19.0 Å². The molecule has 0 bridgehead atoms. The molecule has 27 heavy (non-hydrogen) atoms. The first kappa shape index (κ1) is 19.4. The maximum Gasteiger partial charge on any atom is 0.248 e. The number of benzene rings is 1. The first-order chi connectivity index (χ1) is 13.2. The van der Waals surface area contributed by atoms with Crippen LogP contribution in [0.5, 0.6) is 5.75 Å². The SMILES string of the molecule is CCOCC(=O)N1CCC(Cc2ccc(COc3cccnc3)cc2)CC1. The van der Waals surface area contributed by atoms with Crippen molar-refractivity contribution >= 4 is 5.91 Å². The highest BCUT2D eigenvalue weighted by atomic mass is 16.5. The fourth-order valence-electron chi connectivity index (χ4n) is 3.37. The standard InChI is InChI=1S/C22H28N2O3/c1-2-26-17-22(25)24-12-9-19(10-13-24)14-18-5-7-20(8-6-18)16-27-21-4-3-11-23-15-21/h3-8,11,15,19H,2,9-10,12-14,16-17H2,1H3. The molecule has 5 heteroatoms. The Labute approximate surface area is 161 Å². The van der Waals surface area contributed by atoms with Crippen LogP contribution in [0.25, 0.3) is 0 Å². The van der Waals surface area contributed by atoms with Crippen molar-refractivity contribution < 1.29 is 14.3 Å². The molecule has 1 aromatic carbocycles. The number of carbonyl (C=O) groups excluding carboxylic acids is 1. The maximum absolute atomic E-state index is 12.0. The van der Waals surface area contributed by atoms with E-state index in [0.29, 0.717) is 19.1 Å². The highest BCUT2D eigenvalue weighted by molar-refractivity contribution is 5.77. The highest BCUT2D eigenvalue weighted by Crippen LogP contribution is 2.22. The summed E-state index contributed by atoms with van der Waals surface area (Å²) in [6.45, 7) is 4.94. The van der Waals surface area contributed by atoms with Crippen molar-refractivity contribution in [2.24, 2.45) is 5.92 Å². The maximum atomic E-state index is 12.0. The Balaban J connectivity index is 1.42. The lowest BCUT2D eigenvalue weighted by Crippen LogP contribution is -2.40. The number of aromatic nitrogens is 1. The molecule has 5 nitrogen and oxygen atoms in total. The van der Waals surface area contributed by atoms with Crippen molar-refractivity contribution in [3.8, 4) is 5.75 Å². The van der Waals surface area contributed by atoms with Gasteiger partial charge in [-0.15, -0.1) is 0 Å². The number of hydrogen-bond donors (Lipinski definition) is 0. The zero-order chi connectivity index (χ0) is 18.9. The molecule has 2 heterocycles. The van der Waals surface area contributed by atoms with Gasteiger partial charge in [-0.05, 0) is 55.4 Å². The van der Waals surface area contributed by atoms with Crippen LogP contribution in [-0.2, 0) is 22.6 Å². The van der Waals surface area contributed by atoms with Crippen LogP contribution in [-0.4, -0.2) is 42.1 Å². The van der Waals surface area contributed by atoms with Crippen LogP contribution in [0, 0.1) is 5.92 Å². The Morgan fingerprint density at radius 3 is 2.56 bits per heavy atom. The first-order valence-corrected chi connectivity index (χ1v) is 9.70. The number of likely N-dealkylation sites (tertiary alicyclic amines) is 1. The van der Waals surface area contributed by atoms with E-state index in [4.69, 9.17) is 9.47 Å². The molecule has 1 aromatic heterocycles. The summed E-state index contributed by atoms with van der Waals surface area (Å²) >= 11 is 0. The van der Waals surface area contributed by atoms with Crippen molar-refractivity contribution in [3.05, 3.63) is 59.9 Å². The Hall–Kier alpha value is -2.40. The summed E-state index contributed by atoms with van der Waals surface area (Å²) in [7, 11) is 0. The van der Waals surface area contributed by atoms with E-state index >= 15 is 0 Å². The van der Waals surface area contributed by atoms with Crippen LogP contribution in [0.15, 0.2) is 48.8 Å². The average molecular weight is 368 g/mol. The number of pyridine rings is 1. The monoisotopic (exact) mass is 368 g/mol. The predicted molar refractivity (Wildman–Crippen MR) is 105 cm³/mol. The van der Waals surface area contributed by atoms with Crippen molar-refractivity contribution in [3.63, 3.8) is 0 Å². The fraction of sp³-hybridized carbons (Fsp3) is 0.455. The summed E-state index contributed by atoms with van der Waals surface area (Å²) < 4.78 is 11.0. The van der Waals surface area contributed by atoms with Gasteiger partial charge in [0, 0.05) is 25.9 Å². The van der Waals surface area contributed by atoms with Crippen molar-refractivity contribution in [1.82, 2.24) is 9.88 Å². The van der Waals surface area contributed by atoms with E-state index in [0.717, 1.165) is 43.7 Å². The number of hydrogen-bond acceptors (Lipinski definition) is 4. The molecule has 1 aliphatic heterocycles. The molecule has 0 aliphatic carbocycles. The second-order valence-corrected chi connectivity index (χ2v) is 6.96. The summed E-state index contributed by atoms with van der Waals surface area (Å²) in [6.07, 6.45) is 6.64. The van der Waals surface area contributed by atoms with Crippen LogP contribution in [0.1, 0.15) is 30.9 Å². The van der Waals surface area contributed by atoms with Gasteiger partial charge in [-0.25, -0.2) is 0 Å². The molecule has 0 atom stereocenters. The van der Waals surface area contributed by atoms with Crippen LogP contribution in [0.2, 0.25) is 0 Å². The lowest BCUT2D eigenvalue weighted by Gasteiger charge is -2.32. The molecule has 0 unspecified atom stereocenters. The number of piperidine rings is 1. The molecule has 0 N–H and O–H groups in total. The number of carbonyl (C=O) groups is 1. The third-order valence-electron chi connectivity index (χ3n) is 4.98. The zero-order valence-electron chi connectivity index (χ0n) is 16.0. The van der Waals surface area contributed by atoms with Gasteiger partial charge in [0.25, 0.3) is 0 Å². The van der Waals surface area contributed by atoms with Crippen molar-refractivity contribution in [2.75, 3.05) is 26.3 Å². The minimum absolute atomic E-state index is 0.119. The van der Waals surface area contributed by atoms with Gasteiger partial charge in [0.2, 0.25) is 5.91 Å². The largest absolute Gasteiger partial charge is 0.487 e. The lowest BCUT2D eigenvalue weighted by molar-refractivity contribution is -0.137. The number of ether oxygens (including phenoxy) is 2.